The van der Waals surface area contributed by atoms with Crippen molar-refractivity contribution in [3.05, 3.63) is 71.3 Å². The van der Waals surface area contributed by atoms with Crippen LogP contribution in [-0.2, 0) is 27.1 Å². The molecule has 1 aliphatic rings. The van der Waals surface area contributed by atoms with E-state index in [4.69, 9.17) is 9.73 Å². The molecule has 1 atom stereocenters. The zero-order valence-corrected chi connectivity index (χ0v) is 19.1. The highest BCUT2D eigenvalue weighted by atomic mass is 32.2. The van der Waals surface area contributed by atoms with Crippen molar-refractivity contribution in [2.24, 2.45) is 4.99 Å². The first kappa shape index (κ1) is 23.2. The van der Waals surface area contributed by atoms with Crippen LogP contribution in [0.15, 0.2) is 59.6 Å². The molecule has 31 heavy (non-hydrogen) atoms. The van der Waals surface area contributed by atoms with Gasteiger partial charge in [0.05, 0.1) is 31.6 Å². The van der Waals surface area contributed by atoms with Gasteiger partial charge in [-0.15, -0.1) is 0 Å². The fourth-order valence-electron chi connectivity index (χ4n) is 3.48. The van der Waals surface area contributed by atoms with Crippen LogP contribution >= 0.6 is 0 Å². The van der Waals surface area contributed by atoms with Crippen molar-refractivity contribution < 1.29 is 13.2 Å². The van der Waals surface area contributed by atoms with Crippen LogP contribution in [0.3, 0.4) is 0 Å². The van der Waals surface area contributed by atoms with E-state index >= 15 is 0 Å². The number of morpholine rings is 1. The molecular formula is C23H32N4O3S. The summed E-state index contributed by atoms with van der Waals surface area (Å²) in [4.78, 5) is 4.72. The number of sulfonamides is 1. The van der Waals surface area contributed by atoms with Gasteiger partial charge in [0.1, 0.15) is 0 Å². The fourth-order valence-corrected chi connectivity index (χ4v) is 5.04. The van der Waals surface area contributed by atoms with E-state index in [0.717, 1.165) is 17.7 Å². The lowest BCUT2D eigenvalue weighted by molar-refractivity contribution is 0.0729. The Morgan fingerprint density at radius 2 is 1.71 bits per heavy atom. The predicted octanol–water partition coefficient (Wildman–Crippen LogP) is 2.66. The van der Waals surface area contributed by atoms with Crippen LogP contribution in [0.2, 0.25) is 0 Å². The Morgan fingerprint density at radius 1 is 1.06 bits per heavy atom. The first-order chi connectivity index (χ1) is 15.0. The lowest BCUT2D eigenvalue weighted by Gasteiger charge is -2.26. The van der Waals surface area contributed by atoms with Gasteiger partial charge >= 0.3 is 0 Å². The molecule has 7 nitrogen and oxygen atoms in total. The number of benzene rings is 2. The number of guanidine groups is 1. The summed E-state index contributed by atoms with van der Waals surface area (Å²) in [6, 6.07) is 17.9. The predicted molar refractivity (Wildman–Crippen MR) is 124 cm³/mol. The molecule has 1 heterocycles. The molecule has 0 spiro atoms. The quantitative estimate of drug-likeness (QED) is 0.483. The van der Waals surface area contributed by atoms with Crippen molar-refractivity contribution >= 4 is 16.0 Å². The van der Waals surface area contributed by atoms with Gasteiger partial charge in [0.25, 0.3) is 0 Å². The molecule has 0 aromatic heterocycles. The summed E-state index contributed by atoms with van der Waals surface area (Å²) in [7, 11) is -3.39. The molecule has 0 radical (unpaired) electrons. The molecule has 0 aliphatic carbocycles. The Morgan fingerprint density at radius 3 is 2.39 bits per heavy atom. The standard InChI is InChI=1S/C23H32N4O3S/c1-3-24-23(26-19(2)20-9-5-4-6-10-20)25-17-21-11-7-8-12-22(21)18-31(28,29)27-13-15-30-16-14-27/h4-12,19H,3,13-18H2,1-2H3,(H2,24,25,26). The Balaban J connectivity index is 1.72. The molecule has 8 heteroatoms. The number of ether oxygens (including phenoxy) is 1. The van der Waals surface area contributed by atoms with Crippen molar-refractivity contribution in [1.29, 1.82) is 0 Å². The van der Waals surface area contributed by atoms with Crippen LogP contribution in [-0.4, -0.2) is 51.5 Å². The van der Waals surface area contributed by atoms with Crippen molar-refractivity contribution in [2.75, 3.05) is 32.8 Å². The van der Waals surface area contributed by atoms with Crippen molar-refractivity contribution in [3.63, 3.8) is 0 Å². The second kappa shape index (κ2) is 11.3. The average molecular weight is 445 g/mol. The molecule has 1 unspecified atom stereocenters. The number of hydrogen-bond acceptors (Lipinski definition) is 4. The zero-order valence-electron chi connectivity index (χ0n) is 18.3. The maximum Gasteiger partial charge on any atom is 0.218 e. The van der Waals surface area contributed by atoms with Crippen LogP contribution in [0.5, 0.6) is 0 Å². The molecule has 2 aromatic carbocycles. The number of rotatable bonds is 8. The highest BCUT2D eigenvalue weighted by molar-refractivity contribution is 7.88. The van der Waals surface area contributed by atoms with Crippen LogP contribution in [0.1, 0.15) is 36.6 Å². The summed E-state index contributed by atoms with van der Waals surface area (Å²) < 4.78 is 32.5. The monoisotopic (exact) mass is 444 g/mol. The van der Waals surface area contributed by atoms with Crippen molar-refractivity contribution in [2.45, 2.75) is 32.2 Å². The Bertz CT molecular complexity index is 958. The molecule has 1 saturated heterocycles. The molecule has 0 amide bonds. The second-order valence-corrected chi connectivity index (χ2v) is 9.48. The highest BCUT2D eigenvalue weighted by Crippen LogP contribution is 2.18. The Hall–Kier alpha value is -2.42. The maximum atomic E-state index is 12.9. The lowest BCUT2D eigenvalue weighted by atomic mass is 10.1. The Labute approximate surface area is 185 Å². The van der Waals surface area contributed by atoms with Crippen molar-refractivity contribution in [1.82, 2.24) is 14.9 Å². The molecule has 1 fully saturated rings. The minimum Gasteiger partial charge on any atom is -0.379 e. The molecule has 2 N–H and O–H groups in total. The van der Waals surface area contributed by atoms with Crippen LogP contribution in [0, 0.1) is 0 Å². The van der Waals surface area contributed by atoms with E-state index in [1.54, 1.807) is 0 Å². The van der Waals surface area contributed by atoms with E-state index in [2.05, 4.69) is 29.7 Å². The summed E-state index contributed by atoms with van der Waals surface area (Å²) in [6.07, 6.45) is 0. The van der Waals surface area contributed by atoms with E-state index < -0.39 is 10.0 Å². The summed E-state index contributed by atoms with van der Waals surface area (Å²) in [5.74, 6) is 0.674. The van der Waals surface area contributed by atoms with Gasteiger partial charge in [-0.3, -0.25) is 0 Å². The van der Waals surface area contributed by atoms with Crippen LogP contribution in [0.4, 0.5) is 0 Å². The Kier molecular flexibility index (Phi) is 8.45. The van der Waals surface area contributed by atoms with Gasteiger partial charge in [0, 0.05) is 19.6 Å². The number of nitrogens with one attached hydrogen (secondary N) is 2. The third-order valence-electron chi connectivity index (χ3n) is 5.22. The van der Waals surface area contributed by atoms with Gasteiger partial charge in [-0.1, -0.05) is 54.6 Å². The minimum atomic E-state index is -3.39. The second-order valence-electron chi connectivity index (χ2n) is 7.51. The third-order valence-corrected chi connectivity index (χ3v) is 7.05. The number of aliphatic imine (C=N–C) groups is 1. The van der Waals surface area contributed by atoms with Gasteiger partial charge < -0.3 is 15.4 Å². The first-order valence-electron chi connectivity index (χ1n) is 10.7. The van der Waals surface area contributed by atoms with Gasteiger partial charge in [-0.2, -0.15) is 4.31 Å². The molecule has 0 saturated carbocycles. The lowest BCUT2D eigenvalue weighted by Crippen LogP contribution is -2.41. The summed E-state index contributed by atoms with van der Waals surface area (Å²) in [5.41, 5.74) is 2.86. The molecule has 2 aromatic rings. The van der Waals surface area contributed by atoms with Gasteiger partial charge in [-0.05, 0) is 30.5 Å². The molecule has 1 aliphatic heterocycles. The van der Waals surface area contributed by atoms with Crippen molar-refractivity contribution in [3.8, 4) is 0 Å². The third kappa shape index (κ3) is 6.78. The molecule has 0 bridgehead atoms. The maximum absolute atomic E-state index is 12.9. The van der Waals surface area contributed by atoms with E-state index in [1.807, 2.05) is 49.4 Å². The van der Waals surface area contributed by atoms with E-state index in [0.29, 0.717) is 38.8 Å². The summed E-state index contributed by atoms with van der Waals surface area (Å²) in [5, 5.41) is 6.69. The van der Waals surface area contributed by atoms with E-state index in [-0.39, 0.29) is 11.8 Å². The summed E-state index contributed by atoms with van der Waals surface area (Å²) in [6.45, 7) is 6.96. The van der Waals surface area contributed by atoms with Gasteiger partial charge in [0.15, 0.2) is 5.96 Å². The van der Waals surface area contributed by atoms with E-state index in [1.165, 1.54) is 9.87 Å². The normalized spacial score (nSPS) is 16.6. The fraction of sp³-hybridized carbons (Fsp3) is 0.435. The SMILES string of the molecule is CCNC(=NCc1ccccc1CS(=O)(=O)N1CCOCC1)NC(C)c1ccccc1. The van der Waals surface area contributed by atoms with E-state index in [9.17, 15) is 8.42 Å². The van der Waals surface area contributed by atoms with Gasteiger partial charge in [-0.25, -0.2) is 13.4 Å². The molecule has 168 valence electrons. The topological polar surface area (TPSA) is 83.0 Å². The van der Waals surface area contributed by atoms with Crippen LogP contribution < -0.4 is 10.6 Å². The summed E-state index contributed by atoms with van der Waals surface area (Å²) >= 11 is 0. The smallest absolute Gasteiger partial charge is 0.218 e. The molecular weight excluding hydrogens is 412 g/mol. The first-order valence-corrected chi connectivity index (χ1v) is 12.3. The highest BCUT2D eigenvalue weighted by Gasteiger charge is 2.25. The minimum absolute atomic E-state index is 0.0247. The largest absolute Gasteiger partial charge is 0.379 e. The molecule has 3 rings (SSSR count). The zero-order chi connectivity index (χ0) is 22.1. The average Bonchev–Trinajstić information content (AvgIpc) is 2.79. The number of hydrogen-bond donors (Lipinski definition) is 2. The number of nitrogens with zero attached hydrogens (tertiary/aromatic N) is 2. The van der Waals surface area contributed by atoms with Gasteiger partial charge in [0.2, 0.25) is 10.0 Å². The van der Waals surface area contributed by atoms with Crippen LogP contribution in [0.25, 0.3) is 0 Å².